The van der Waals surface area contributed by atoms with Crippen LogP contribution in [0.3, 0.4) is 0 Å². The Morgan fingerprint density at radius 1 is 1.32 bits per heavy atom. The first-order chi connectivity index (χ1) is 9.07. The van der Waals surface area contributed by atoms with E-state index in [4.69, 9.17) is 4.74 Å². The topological polar surface area (TPSA) is 45.6 Å². The first-order valence-corrected chi connectivity index (χ1v) is 7.69. The first-order valence-electron chi connectivity index (χ1n) is 7.69. The molecular weight excluding hydrogens is 238 g/mol. The summed E-state index contributed by atoms with van der Waals surface area (Å²) in [6.07, 6.45) is 6.38. The van der Waals surface area contributed by atoms with Crippen LogP contribution >= 0.6 is 0 Å². The van der Waals surface area contributed by atoms with Crippen molar-refractivity contribution in [2.45, 2.75) is 71.1 Å². The number of nitrogens with one attached hydrogen (secondary N) is 2. The third kappa shape index (κ3) is 3.62. The van der Waals surface area contributed by atoms with Gasteiger partial charge in [-0.1, -0.05) is 27.2 Å². The van der Waals surface area contributed by atoms with Crippen molar-refractivity contribution in [2.75, 3.05) is 13.7 Å². The van der Waals surface area contributed by atoms with Crippen LogP contribution in [-0.4, -0.2) is 37.8 Å². The van der Waals surface area contributed by atoms with Crippen LogP contribution in [0.4, 0.5) is 0 Å². The fraction of sp³-hybridized carbons (Fsp3) is 0.933. The van der Waals surface area contributed by atoms with Crippen molar-refractivity contribution in [3.63, 3.8) is 0 Å². The van der Waals surface area contributed by atoms with Crippen molar-refractivity contribution in [2.24, 2.45) is 10.4 Å². The molecule has 4 nitrogen and oxygen atoms in total. The van der Waals surface area contributed by atoms with Crippen LogP contribution in [0.25, 0.3) is 0 Å². The van der Waals surface area contributed by atoms with Crippen LogP contribution in [0.5, 0.6) is 0 Å². The summed E-state index contributed by atoms with van der Waals surface area (Å²) in [6.45, 7) is 7.67. The third-order valence-electron chi connectivity index (χ3n) is 4.45. The lowest BCUT2D eigenvalue weighted by Gasteiger charge is -2.52. The molecule has 2 N–H and O–H groups in total. The molecule has 0 amide bonds. The Kier molecular flexibility index (Phi) is 4.71. The highest BCUT2D eigenvalue weighted by molar-refractivity contribution is 5.80. The summed E-state index contributed by atoms with van der Waals surface area (Å²) in [4.78, 5) is 4.31. The van der Waals surface area contributed by atoms with E-state index in [1.807, 2.05) is 7.05 Å². The standard InChI is InChI=1S/C15H29N3O/c1-5-6-9-19-13-10-12(15(13,2)3)18-14(16-4)17-11-7-8-11/h11-13H,5-10H2,1-4H3,(H2,16,17,18). The van der Waals surface area contributed by atoms with Crippen LogP contribution in [0, 0.1) is 5.41 Å². The zero-order valence-electron chi connectivity index (χ0n) is 12.8. The average molecular weight is 267 g/mol. The van der Waals surface area contributed by atoms with Gasteiger partial charge in [0, 0.05) is 31.2 Å². The van der Waals surface area contributed by atoms with Crippen LogP contribution in [-0.2, 0) is 4.74 Å². The molecular formula is C15H29N3O. The number of rotatable bonds is 6. The average Bonchev–Trinajstić information content (AvgIpc) is 3.19. The Bertz CT molecular complexity index is 323. The van der Waals surface area contributed by atoms with Gasteiger partial charge in [-0.15, -0.1) is 0 Å². The fourth-order valence-electron chi connectivity index (χ4n) is 2.54. The molecule has 0 aromatic carbocycles. The Hall–Kier alpha value is -0.770. The third-order valence-corrected chi connectivity index (χ3v) is 4.45. The maximum atomic E-state index is 5.97. The lowest BCUT2D eigenvalue weighted by atomic mass is 9.64. The van der Waals surface area contributed by atoms with Crippen molar-refractivity contribution >= 4 is 5.96 Å². The summed E-state index contributed by atoms with van der Waals surface area (Å²) in [6, 6.07) is 1.11. The quantitative estimate of drug-likeness (QED) is 0.441. The van der Waals surface area contributed by atoms with E-state index in [0.717, 1.165) is 25.4 Å². The van der Waals surface area contributed by atoms with Gasteiger partial charge >= 0.3 is 0 Å². The highest BCUT2D eigenvalue weighted by Crippen LogP contribution is 2.42. The molecule has 19 heavy (non-hydrogen) atoms. The number of nitrogens with zero attached hydrogens (tertiary/aromatic N) is 1. The van der Waals surface area contributed by atoms with Crippen LogP contribution < -0.4 is 10.6 Å². The van der Waals surface area contributed by atoms with Gasteiger partial charge in [0.2, 0.25) is 0 Å². The number of hydrogen-bond acceptors (Lipinski definition) is 2. The Morgan fingerprint density at radius 2 is 2.05 bits per heavy atom. The summed E-state index contributed by atoms with van der Waals surface area (Å²) in [7, 11) is 1.85. The molecule has 2 saturated carbocycles. The van der Waals surface area contributed by atoms with Crippen molar-refractivity contribution in [3.05, 3.63) is 0 Å². The molecule has 0 heterocycles. The van der Waals surface area contributed by atoms with Crippen molar-refractivity contribution in [1.29, 1.82) is 0 Å². The molecule has 2 atom stereocenters. The summed E-state index contributed by atoms with van der Waals surface area (Å²) in [5.74, 6) is 0.951. The summed E-state index contributed by atoms with van der Waals surface area (Å²) < 4.78 is 5.97. The van der Waals surface area contributed by atoms with Crippen molar-refractivity contribution in [1.82, 2.24) is 10.6 Å². The molecule has 2 unspecified atom stereocenters. The molecule has 2 aliphatic carbocycles. The highest BCUT2D eigenvalue weighted by Gasteiger charge is 2.49. The Balaban J connectivity index is 1.76. The number of guanidine groups is 1. The summed E-state index contributed by atoms with van der Waals surface area (Å²) in [5.41, 5.74) is 0.189. The molecule has 0 saturated heterocycles. The lowest BCUT2D eigenvalue weighted by Crippen LogP contribution is -2.63. The SMILES string of the molecule is CCCCOC1CC(NC(=NC)NC2CC2)C1(C)C. The van der Waals surface area contributed by atoms with Gasteiger partial charge in [0.15, 0.2) is 5.96 Å². The van der Waals surface area contributed by atoms with Gasteiger partial charge in [-0.25, -0.2) is 0 Å². The molecule has 2 rings (SSSR count). The minimum absolute atomic E-state index is 0.189. The van der Waals surface area contributed by atoms with Crippen molar-refractivity contribution < 1.29 is 4.74 Å². The number of aliphatic imine (C=N–C) groups is 1. The second kappa shape index (κ2) is 6.12. The molecule has 0 bridgehead atoms. The summed E-state index contributed by atoms with van der Waals surface area (Å²) in [5, 5.41) is 6.99. The predicted octanol–water partition coefficient (Wildman–Crippen LogP) is 2.30. The second-order valence-corrected chi connectivity index (χ2v) is 6.46. The number of ether oxygens (including phenoxy) is 1. The fourth-order valence-corrected chi connectivity index (χ4v) is 2.54. The van der Waals surface area contributed by atoms with Crippen LogP contribution in [0.15, 0.2) is 4.99 Å². The number of hydrogen-bond donors (Lipinski definition) is 2. The van der Waals surface area contributed by atoms with E-state index in [-0.39, 0.29) is 5.41 Å². The predicted molar refractivity (Wildman–Crippen MR) is 79.5 cm³/mol. The zero-order valence-corrected chi connectivity index (χ0v) is 12.8. The smallest absolute Gasteiger partial charge is 0.191 e. The lowest BCUT2D eigenvalue weighted by molar-refractivity contribution is -0.113. The van der Waals surface area contributed by atoms with E-state index in [1.54, 1.807) is 0 Å². The van der Waals surface area contributed by atoms with E-state index < -0.39 is 0 Å². The molecule has 0 spiro atoms. The maximum Gasteiger partial charge on any atom is 0.191 e. The molecule has 0 aliphatic heterocycles. The van der Waals surface area contributed by atoms with E-state index in [2.05, 4.69) is 36.4 Å². The van der Waals surface area contributed by atoms with Crippen LogP contribution in [0.1, 0.15) is 52.9 Å². The van der Waals surface area contributed by atoms with E-state index >= 15 is 0 Å². The Morgan fingerprint density at radius 3 is 2.58 bits per heavy atom. The van der Waals surface area contributed by atoms with Gasteiger partial charge in [-0.05, 0) is 25.7 Å². The zero-order chi connectivity index (χ0) is 13.9. The first kappa shape index (κ1) is 14.6. The summed E-state index contributed by atoms with van der Waals surface area (Å²) >= 11 is 0. The molecule has 0 aromatic heterocycles. The molecule has 0 radical (unpaired) electrons. The highest BCUT2D eigenvalue weighted by atomic mass is 16.5. The molecule has 110 valence electrons. The van der Waals surface area contributed by atoms with Gasteiger partial charge in [0.05, 0.1) is 6.10 Å². The maximum absolute atomic E-state index is 5.97. The molecule has 2 fully saturated rings. The largest absolute Gasteiger partial charge is 0.378 e. The minimum atomic E-state index is 0.189. The van der Waals surface area contributed by atoms with Gasteiger partial charge in [0.1, 0.15) is 0 Å². The van der Waals surface area contributed by atoms with Gasteiger partial charge in [-0.2, -0.15) is 0 Å². The van der Waals surface area contributed by atoms with Gasteiger partial charge in [-0.3, -0.25) is 4.99 Å². The van der Waals surface area contributed by atoms with Gasteiger partial charge in [0.25, 0.3) is 0 Å². The number of unbranched alkanes of at least 4 members (excludes halogenated alkanes) is 1. The van der Waals surface area contributed by atoms with E-state index in [0.29, 0.717) is 18.2 Å². The monoisotopic (exact) mass is 267 g/mol. The van der Waals surface area contributed by atoms with Gasteiger partial charge < -0.3 is 15.4 Å². The second-order valence-electron chi connectivity index (χ2n) is 6.46. The minimum Gasteiger partial charge on any atom is -0.378 e. The Labute approximate surface area is 117 Å². The molecule has 4 heteroatoms. The van der Waals surface area contributed by atoms with Crippen molar-refractivity contribution in [3.8, 4) is 0 Å². The normalized spacial score (nSPS) is 29.8. The molecule has 2 aliphatic rings. The van der Waals surface area contributed by atoms with E-state index in [9.17, 15) is 0 Å². The van der Waals surface area contributed by atoms with Crippen LogP contribution in [0.2, 0.25) is 0 Å². The van der Waals surface area contributed by atoms with E-state index in [1.165, 1.54) is 19.3 Å². The molecule has 0 aromatic rings.